The highest BCUT2D eigenvalue weighted by molar-refractivity contribution is 7.13. The zero-order valence-corrected chi connectivity index (χ0v) is 23.9. The van der Waals surface area contributed by atoms with Crippen molar-refractivity contribution >= 4 is 35.2 Å². The largest absolute Gasteiger partial charge is 0.390 e. The van der Waals surface area contributed by atoms with Gasteiger partial charge in [-0.2, -0.15) is 0 Å². The lowest BCUT2D eigenvalue weighted by Gasteiger charge is -2.55. The first-order valence-corrected chi connectivity index (χ1v) is 14.8. The minimum atomic E-state index is -0.979. The van der Waals surface area contributed by atoms with Crippen LogP contribution in [0, 0.1) is 0 Å². The average Bonchev–Trinajstić information content (AvgIpc) is 3.70. The summed E-state index contributed by atoms with van der Waals surface area (Å²) >= 11 is 1.65. The molecule has 9 heteroatoms. The summed E-state index contributed by atoms with van der Waals surface area (Å²) in [6.45, 7) is 3.82. The van der Waals surface area contributed by atoms with Gasteiger partial charge in [0.05, 0.1) is 28.0 Å². The summed E-state index contributed by atoms with van der Waals surface area (Å²) in [7, 11) is 0. The highest BCUT2D eigenvalue weighted by Gasteiger charge is 2.60. The summed E-state index contributed by atoms with van der Waals surface area (Å²) < 4.78 is 0. The number of hydrogen-bond acceptors (Lipinski definition) is 8. The Morgan fingerprint density at radius 2 is 1.69 bits per heavy atom. The van der Waals surface area contributed by atoms with Crippen LogP contribution >= 0.6 is 11.3 Å². The highest BCUT2D eigenvalue weighted by atomic mass is 32.1. The van der Waals surface area contributed by atoms with E-state index in [0.29, 0.717) is 11.1 Å². The quantitative estimate of drug-likeness (QED) is 0.313. The number of carbonyl (C=O) groups excluding carboxylic acids is 2. The molecule has 3 aliphatic heterocycles. The van der Waals surface area contributed by atoms with Crippen molar-refractivity contribution in [1.82, 2.24) is 15.3 Å². The Labute approximate surface area is 246 Å². The van der Waals surface area contributed by atoms with Crippen LogP contribution in [-0.4, -0.2) is 44.7 Å². The molecule has 4 aromatic rings. The number of aliphatic hydroxyl groups is 1. The number of aliphatic imine (C=N–C) groups is 1. The van der Waals surface area contributed by atoms with Gasteiger partial charge in [-0.1, -0.05) is 42.5 Å². The van der Waals surface area contributed by atoms with E-state index in [1.54, 1.807) is 42.5 Å². The molecule has 8 nitrogen and oxygen atoms in total. The van der Waals surface area contributed by atoms with Crippen LogP contribution in [0.3, 0.4) is 0 Å². The first-order chi connectivity index (χ1) is 20.2. The van der Waals surface area contributed by atoms with Gasteiger partial charge in [0.15, 0.2) is 5.82 Å². The molecule has 1 fully saturated rings. The van der Waals surface area contributed by atoms with Crippen molar-refractivity contribution in [3.63, 3.8) is 0 Å². The van der Waals surface area contributed by atoms with E-state index in [9.17, 15) is 14.7 Å². The van der Waals surface area contributed by atoms with E-state index in [0.717, 1.165) is 44.5 Å². The number of aromatic nitrogens is 1. The molecule has 0 radical (unpaired) electrons. The lowest BCUT2D eigenvalue weighted by Crippen LogP contribution is -2.63. The molecule has 2 amide bonds. The molecule has 2 aromatic carbocycles. The lowest BCUT2D eigenvalue weighted by molar-refractivity contribution is -0.118. The average molecular weight is 574 g/mol. The molecule has 42 heavy (non-hydrogen) atoms. The lowest BCUT2D eigenvalue weighted by atomic mass is 9.61. The molecule has 1 aliphatic carbocycles. The fourth-order valence-electron chi connectivity index (χ4n) is 6.86. The minimum absolute atomic E-state index is 0.141. The summed E-state index contributed by atoms with van der Waals surface area (Å²) in [5.74, 6) is 0.985. The third-order valence-electron chi connectivity index (χ3n) is 8.59. The van der Waals surface area contributed by atoms with Crippen LogP contribution in [0.4, 0.5) is 5.82 Å². The van der Waals surface area contributed by atoms with E-state index in [1.807, 2.05) is 41.6 Å². The van der Waals surface area contributed by atoms with Gasteiger partial charge in [-0.05, 0) is 55.1 Å². The zero-order chi connectivity index (χ0) is 28.8. The minimum Gasteiger partial charge on any atom is -0.390 e. The molecule has 0 saturated heterocycles. The summed E-state index contributed by atoms with van der Waals surface area (Å²) in [6, 6.07) is 21.2. The molecule has 2 N–H and O–H groups in total. The Morgan fingerprint density at radius 3 is 2.33 bits per heavy atom. The number of nitrogens with one attached hydrogen (secondary N) is 1. The van der Waals surface area contributed by atoms with Gasteiger partial charge in [-0.15, -0.1) is 11.3 Å². The van der Waals surface area contributed by atoms with Crippen LogP contribution in [0.15, 0.2) is 89.0 Å². The number of imide groups is 1. The second kappa shape index (κ2) is 8.78. The molecular formula is C33H27N5O3S. The molecule has 1 atom stereocenters. The van der Waals surface area contributed by atoms with Gasteiger partial charge >= 0.3 is 0 Å². The number of benzene rings is 2. The monoisotopic (exact) mass is 573 g/mol. The molecule has 0 spiro atoms. The SMILES string of the molecule is CC1C=C2N=Cc3cc(-c4cccs4)c(-c4ccc(C5(N6C(=O)c7ccccc7C6=O)CC(C)(O)C5)cc4)nc3N2N1. The standard InChI is InChI=1S/C33H27N5O3S/c1-19-14-27-34-16-21-15-25(26-8-5-13-42-26)28(35-29(21)38(27)36-19)20-9-11-22(12-10-20)33(17-32(2,41)18-33)37-30(39)23-6-3-4-7-24(23)31(37)40/h3-16,19,36,41H,17-18H2,1-2H3. The van der Waals surface area contributed by atoms with Crippen LogP contribution < -0.4 is 10.4 Å². The van der Waals surface area contributed by atoms with Crippen LogP contribution in [-0.2, 0) is 5.54 Å². The van der Waals surface area contributed by atoms with Crippen molar-refractivity contribution < 1.29 is 14.7 Å². The number of nitrogens with zero attached hydrogens (tertiary/aromatic N) is 4. The molecule has 1 saturated carbocycles. The molecule has 1 unspecified atom stereocenters. The van der Waals surface area contributed by atoms with Crippen molar-refractivity contribution in [3.8, 4) is 21.7 Å². The molecule has 0 bridgehead atoms. The van der Waals surface area contributed by atoms with E-state index in [-0.39, 0.29) is 30.7 Å². The Bertz CT molecular complexity index is 1820. The summed E-state index contributed by atoms with van der Waals surface area (Å²) in [4.78, 5) is 39.3. The number of rotatable bonds is 4. The van der Waals surface area contributed by atoms with Gasteiger partial charge in [0.1, 0.15) is 5.82 Å². The Balaban J connectivity index is 1.22. The third kappa shape index (κ3) is 3.60. The van der Waals surface area contributed by atoms with Gasteiger partial charge in [0.2, 0.25) is 0 Å². The maximum Gasteiger partial charge on any atom is 0.262 e. The van der Waals surface area contributed by atoms with E-state index in [4.69, 9.17) is 4.98 Å². The molecule has 208 valence electrons. The third-order valence-corrected chi connectivity index (χ3v) is 9.49. The number of carbonyl (C=O) groups is 2. The van der Waals surface area contributed by atoms with Crippen LogP contribution in [0.25, 0.3) is 21.7 Å². The zero-order valence-electron chi connectivity index (χ0n) is 23.0. The molecule has 8 rings (SSSR count). The van der Waals surface area contributed by atoms with Crippen molar-refractivity contribution in [3.05, 3.63) is 106 Å². The first kappa shape index (κ1) is 25.3. The van der Waals surface area contributed by atoms with Gasteiger partial charge in [-0.25, -0.2) is 20.4 Å². The molecule has 5 heterocycles. The van der Waals surface area contributed by atoms with E-state index < -0.39 is 11.1 Å². The fraction of sp³-hybridized carbons (Fsp3) is 0.212. The topological polar surface area (TPSA) is 98.1 Å². The molecular weight excluding hydrogens is 546 g/mol. The summed E-state index contributed by atoms with van der Waals surface area (Å²) in [6.07, 6.45) is 4.48. The number of anilines is 1. The van der Waals surface area contributed by atoms with Crippen LogP contribution in [0.1, 0.15) is 58.5 Å². The maximum absolute atomic E-state index is 13.5. The normalized spacial score (nSPS) is 25.7. The van der Waals surface area contributed by atoms with Crippen molar-refractivity contribution in [1.29, 1.82) is 0 Å². The van der Waals surface area contributed by atoms with Crippen LogP contribution in [0.5, 0.6) is 0 Å². The van der Waals surface area contributed by atoms with Crippen LogP contribution in [0.2, 0.25) is 0 Å². The van der Waals surface area contributed by atoms with E-state index >= 15 is 0 Å². The Morgan fingerprint density at radius 1 is 0.976 bits per heavy atom. The van der Waals surface area contributed by atoms with E-state index in [2.05, 4.69) is 40.9 Å². The van der Waals surface area contributed by atoms with Gasteiger partial charge in [-0.3, -0.25) is 14.5 Å². The number of hydrogen-bond donors (Lipinski definition) is 2. The fourth-order valence-corrected chi connectivity index (χ4v) is 7.60. The summed E-state index contributed by atoms with van der Waals surface area (Å²) in [5, 5.41) is 14.8. The number of hydrazine groups is 1. The number of pyridine rings is 1. The first-order valence-electron chi connectivity index (χ1n) is 14.0. The predicted octanol–water partition coefficient (Wildman–Crippen LogP) is 5.50. The second-order valence-electron chi connectivity index (χ2n) is 11.8. The number of amides is 2. The summed E-state index contributed by atoms with van der Waals surface area (Å²) in [5.41, 5.74) is 6.81. The van der Waals surface area contributed by atoms with Gasteiger partial charge in [0, 0.05) is 46.7 Å². The second-order valence-corrected chi connectivity index (χ2v) is 12.7. The maximum atomic E-state index is 13.5. The number of thiophene rings is 1. The highest BCUT2D eigenvalue weighted by Crippen LogP contribution is 2.54. The van der Waals surface area contributed by atoms with Crippen molar-refractivity contribution in [2.75, 3.05) is 5.01 Å². The van der Waals surface area contributed by atoms with Gasteiger partial charge < -0.3 is 5.11 Å². The van der Waals surface area contributed by atoms with E-state index in [1.165, 1.54) is 4.90 Å². The van der Waals surface area contributed by atoms with Crippen molar-refractivity contribution in [2.45, 2.75) is 43.9 Å². The molecule has 2 aromatic heterocycles. The van der Waals surface area contributed by atoms with Gasteiger partial charge in [0.25, 0.3) is 11.8 Å². The Hall–Kier alpha value is -4.44. The predicted molar refractivity (Wildman–Crippen MR) is 162 cm³/mol. The smallest absolute Gasteiger partial charge is 0.262 e. The van der Waals surface area contributed by atoms with Crippen molar-refractivity contribution in [2.24, 2.45) is 4.99 Å². The Kier molecular flexibility index (Phi) is 5.29. The molecule has 4 aliphatic rings. The number of fused-ring (bicyclic) bond motifs is 4.